The minimum absolute atomic E-state index is 1.02. The number of nitrogens with zero attached hydrogens (tertiary/aromatic N) is 2. The van der Waals surface area contributed by atoms with Crippen LogP contribution in [0.2, 0.25) is 0 Å². The molecule has 0 bridgehead atoms. The van der Waals surface area contributed by atoms with Crippen LogP contribution in [0.15, 0.2) is 73.1 Å². The molecule has 23 heavy (non-hydrogen) atoms. The average Bonchev–Trinajstić information content (AvgIpc) is 3.00. The second kappa shape index (κ2) is 4.86. The van der Waals surface area contributed by atoms with Gasteiger partial charge in [0.25, 0.3) is 0 Å². The molecule has 3 aromatic heterocycles. The van der Waals surface area contributed by atoms with E-state index in [0.29, 0.717) is 0 Å². The second-order valence-electron chi connectivity index (χ2n) is 5.55. The maximum Gasteiger partial charge on any atom is 0.0724 e. The summed E-state index contributed by atoms with van der Waals surface area (Å²) in [5, 5.41) is 3.71. The maximum absolute atomic E-state index is 4.86. The first-order valence-corrected chi connectivity index (χ1v) is 8.33. The Bertz CT molecular complexity index is 1170. The van der Waals surface area contributed by atoms with Gasteiger partial charge in [0.05, 0.1) is 15.9 Å². The normalized spacial score (nSPS) is 11.5. The number of benzene rings is 2. The number of aromatic nitrogens is 2. The van der Waals surface area contributed by atoms with E-state index in [9.17, 15) is 0 Å². The molecule has 0 fully saturated rings. The standard InChI is InChI=1S/C20H12N2S/c1-2-7-17-13(4-1)8-9-18(22-17)16-6-3-5-15-14-10-11-21-12-19(14)23-20(15)16/h1-12H. The predicted octanol–water partition coefficient (Wildman–Crippen LogP) is 5.66. The average molecular weight is 312 g/mol. The summed E-state index contributed by atoms with van der Waals surface area (Å²) in [6.07, 6.45) is 3.80. The molecule has 0 aliphatic heterocycles. The van der Waals surface area contributed by atoms with E-state index in [-0.39, 0.29) is 0 Å². The number of para-hydroxylation sites is 1. The summed E-state index contributed by atoms with van der Waals surface area (Å²) < 4.78 is 2.49. The molecule has 0 spiro atoms. The van der Waals surface area contributed by atoms with Gasteiger partial charge in [-0.15, -0.1) is 11.3 Å². The van der Waals surface area contributed by atoms with Gasteiger partial charge in [-0.05, 0) is 18.2 Å². The van der Waals surface area contributed by atoms with Gasteiger partial charge in [0.1, 0.15) is 0 Å². The molecular weight excluding hydrogens is 300 g/mol. The third-order valence-corrected chi connectivity index (χ3v) is 5.37. The first-order chi connectivity index (χ1) is 11.4. The molecular formula is C20H12N2S. The molecule has 0 radical (unpaired) electrons. The van der Waals surface area contributed by atoms with Crippen LogP contribution < -0.4 is 0 Å². The number of fused-ring (bicyclic) bond motifs is 4. The first kappa shape index (κ1) is 12.7. The number of pyridine rings is 2. The van der Waals surface area contributed by atoms with Crippen molar-refractivity contribution < 1.29 is 0 Å². The van der Waals surface area contributed by atoms with E-state index in [2.05, 4.69) is 53.5 Å². The molecule has 0 saturated heterocycles. The fraction of sp³-hybridized carbons (Fsp3) is 0. The van der Waals surface area contributed by atoms with E-state index in [0.717, 1.165) is 11.2 Å². The van der Waals surface area contributed by atoms with Crippen molar-refractivity contribution in [3.63, 3.8) is 0 Å². The summed E-state index contributed by atoms with van der Waals surface area (Å²) in [6.45, 7) is 0. The van der Waals surface area contributed by atoms with E-state index in [1.54, 1.807) is 11.3 Å². The Morgan fingerprint density at radius 2 is 1.74 bits per heavy atom. The zero-order valence-electron chi connectivity index (χ0n) is 12.2. The topological polar surface area (TPSA) is 25.8 Å². The summed E-state index contributed by atoms with van der Waals surface area (Å²) in [5.41, 5.74) is 3.24. The third-order valence-electron chi connectivity index (χ3n) is 4.18. The van der Waals surface area contributed by atoms with Gasteiger partial charge in [-0.2, -0.15) is 0 Å². The van der Waals surface area contributed by atoms with Crippen molar-refractivity contribution in [1.82, 2.24) is 9.97 Å². The molecule has 2 aromatic carbocycles. The molecule has 0 N–H and O–H groups in total. The highest BCUT2D eigenvalue weighted by atomic mass is 32.1. The van der Waals surface area contributed by atoms with Gasteiger partial charge in [0, 0.05) is 38.8 Å². The molecule has 0 aliphatic rings. The monoisotopic (exact) mass is 312 g/mol. The van der Waals surface area contributed by atoms with E-state index in [4.69, 9.17) is 4.98 Å². The predicted molar refractivity (Wildman–Crippen MR) is 97.9 cm³/mol. The van der Waals surface area contributed by atoms with Crippen LogP contribution in [0.5, 0.6) is 0 Å². The van der Waals surface area contributed by atoms with Crippen LogP contribution in [-0.4, -0.2) is 9.97 Å². The highest BCUT2D eigenvalue weighted by Crippen LogP contribution is 2.39. The quantitative estimate of drug-likeness (QED) is 0.399. The molecule has 0 amide bonds. The zero-order valence-corrected chi connectivity index (χ0v) is 13.0. The fourth-order valence-corrected chi connectivity index (χ4v) is 4.26. The summed E-state index contributed by atoms with van der Waals surface area (Å²) in [4.78, 5) is 9.10. The largest absolute Gasteiger partial charge is 0.263 e. The molecule has 0 atom stereocenters. The maximum atomic E-state index is 4.86. The fourth-order valence-electron chi connectivity index (χ4n) is 3.07. The zero-order chi connectivity index (χ0) is 15.2. The first-order valence-electron chi connectivity index (χ1n) is 7.51. The molecule has 0 saturated carbocycles. The molecule has 3 heteroatoms. The Labute approximate surface area is 137 Å². The van der Waals surface area contributed by atoms with Crippen LogP contribution in [0.1, 0.15) is 0 Å². The van der Waals surface area contributed by atoms with Crippen LogP contribution in [0, 0.1) is 0 Å². The Kier molecular flexibility index (Phi) is 2.69. The van der Waals surface area contributed by atoms with Gasteiger partial charge in [-0.25, -0.2) is 4.98 Å². The van der Waals surface area contributed by atoms with Gasteiger partial charge in [0.2, 0.25) is 0 Å². The van der Waals surface area contributed by atoms with Gasteiger partial charge < -0.3 is 0 Å². The van der Waals surface area contributed by atoms with Crippen LogP contribution in [0.3, 0.4) is 0 Å². The smallest absolute Gasteiger partial charge is 0.0724 e. The van der Waals surface area contributed by atoms with Crippen LogP contribution in [-0.2, 0) is 0 Å². The van der Waals surface area contributed by atoms with Crippen molar-refractivity contribution in [2.45, 2.75) is 0 Å². The molecule has 0 unspecified atom stereocenters. The minimum Gasteiger partial charge on any atom is -0.263 e. The molecule has 2 nitrogen and oxygen atoms in total. The highest BCUT2D eigenvalue weighted by Gasteiger charge is 2.11. The number of thiophene rings is 1. The van der Waals surface area contributed by atoms with Crippen molar-refractivity contribution >= 4 is 42.4 Å². The lowest BCUT2D eigenvalue weighted by atomic mass is 10.1. The number of hydrogen-bond acceptors (Lipinski definition) is 3. The Hall–Kier alpha value is -2.78. The molecule has 3 heterocycles. The summed E-state index contributed by atoms with van der Waals surface area (Å²) >= 11 is 1.79. The van der Waals surface area contributed by atoms with Crippen molar-refractivity contribution in [2.75, 3.05) is 0 Å². The SMILES string of the molecule is c1ccc2nc(-c3cccc4c3sc3cnccc34)ccc2c1. The van der Waals surface area contributed by atoms with Gasteiger partial charge in [-0.3, -0.25) is 4.98 Å². The van der Waals surface area contributed by atoms with Crippen molar-refractivity contribution in [3.05, 3.63) is 73.1 Å². The Morgan fingerprint density at radius 1 is 0.783 bits per heavy atom. The minimum atomic E-state index is 1.02. The molecule has 5 aromatic rings. The summed E-state index contributed by atoms with van der Waals surface area (Å²) in [6, 6.07) is 21.0. The Morgan fingerprint density at radius 3 is 2.74 bits per heavy atom. The van der Waals surface area contributed by atoms with E-state index < -0.39 is 0 Å². The van der Waals surface area contributed by atoms with Crippen LogP contribution in [0.25, 0.3) is 42.3 Å². The Balaban J connectivity index is 1.84. The summed E-state index contributed by atoms with van der Waals surface area (Å²) in [5.74, 6) is 0. The van der Waals surface area contributed by atoms with Crippen molar-refractivity contribution in [1.29, 1.82) is 0 Å². The lowest BCUT2D eigenvalue weighted by Crippen LogP contribution is -1.85. The molecule has 0 aliphatic carbocycles. The van der Waals surface area contributed by atoms with Crippen molar-refractivity contribution in [2.24, 2.45) is 0 Å². The van der Waals surface area contributed by atoms with Crippen LogP contribution in [0.4, 0.5) is 0 Å². The van der Waals surface area contributed by atoms with Gasteiger partial charge in [-0.1, -0.05) is 42.5 Å². The van der Waals surface area contributed by atoms with E-state index in [1.165, 1.54) is 31.1 Å². The number of hydrogen-bond donors (Lipinski definition) is 0. The number of rotatable bonds is 1. The third kappa shape index (κ3) is 1.94. The van der Waals surface area contributed by atoms with Crippen molar-refractivity contribution in [3.8, 4) is 11.3 Å². The lowest BCUT2D eigenvalue weighted by molar-refractivity contribution is 1.37. The lowest BCUT2D eigenvalue weighted by Gasteiger charge is -2.04. The van der Waals surface area contributed by atoms with Gasteiger partial charge >= 0.3 is 0 Å². The van der Waals surface area contributed by atoms with Crippen LogP contribution >= 0.6 is 11.3 Å². The summed E-state index contributed by atoms with van der Waals surface area (Å²) in [7, 11) is 0. The highest BCUT2D eigenvalue weighted by molar-refractivity contribution is 7.26. The second-order valence-corrected chi connectivity index (χ2v) is 6.60. The molecule has 108 valence electrons. The van der Waals surface area contributed by atoms with Gasteiger partial charge in [0.15, 0.2) is 0 Å². The molecule has 5 rings (SSSR count). The van der Waals surface area contributed by atoms with E-state index in [1.807, 2.05) is 24.5 Å². The van der Waals surface area contributed by atoms with E-state index >= 15 is 0 Å².